The Hall–Kier alpha value is -1.05. The summed E-state index contributed by atoms with van der Waals surface area (Å²) in [4.78, 5) is 4.25. The fourth-order valence-electron chi connectivity index (χ4n) is 1.11. The summed E-state index contributed by atoms with van der Waals surface area (Å²) in [7, 11) is 0. The summed E-state index contributed by atoms with van der Waals surface area (Å²) in [5, 5.41) is 0. The van der Waals surface area contributed by atoms with Gasteiger partial charge in [0.2, 0.25) is 0 Å². The van der Waals surface area contributed by atoms with Crippen molar-refractivity contribution in [3.05, 3.63) is 23.5 Å². The average Bonchev–Trinajstić information content (AvgIpc) is 2.10. The molecule has 2 nitrogen and oxygen atoms in total. The molecule has 0 N–H and O–H groups in total. The number of ether oxygens (including phenoxy) is 1. The molecular formula is C12H19NO. The average molecular weight is 193 g/mol. The summed E-state index contributed by atoms with van der Waals surface area (Å²) in [6, 6.07) is 2.04. The molecule has 0 unspecified atom stereocenters. The molecule has 0 spiro atoms. The van der Waals surface area contributed by atoms with E-state index in [1.54, 1.807) is 6.20 Å². The zero-order valence-corrected chi connectivity index (χ0v) is 9.50. The van der Waals surface area contributed by atoms with E-state index in [4.69, 9.17) is 4.74 Å². The zero-order chi connectivity index (χ0) is 10.6. The van der Waals surface area contributed by atoms with E-state index in [1.165, 1.54) is 5.56 Å². The normalized spacial score (nSPS) is 10.6. The van der Waals surface area contributed by atoms with Gasteiger partial charge in [-0.1, -0.05) is 13.8 Å². The lowest BCUT2D eigenvalue weighted by Crippen LogP contribution is -2.02. The summed E-state index contributed by atoms with van der Waals surface area (Å²) in [6.07, 6.45) is 2.88. The molecule has 14 heavy (non-hydrogen) atoms. The minimum absolute atomic E-state index is 0.689. The number of nitrogens with zero attached hydrogens (tertiary/aromatic N) is 1. The number of hydrogen-bond donors (Lipinski definition) is 0. The van der Waals surface area contributed by atoms with Gasteiger partial charge in [0.15, 0.2) is 0 Å². The van der Waals surface area contributed by atoms with E-state index in [2.05, 4.69) is 25.8 Å². The second kappa shape index (κ2) is 4.99. The Morgan fingerprint density at radius 3 is 2.64 bits per heavy atom. The predicted octanol–water partition coefficient (Wildman–Crippen LogP) is 3.12. The topological polar surface area (TPSA) is 22.1 Å². The standard InChI is InChI=1S/C12H19NO/c1-9(2)5-6-14-12-7-10(3)11(4)13-8-12/h7-9H,5-6H2,1-4H3. The van der Waals surface area contributed by atoms with Crippen LogP contribution < -0.4 is 4.74 Å². The molecule has 0 saturated heterocycles. The van der Waals surface area contributed by atoms with Crippen LogP contribution in [0.1, 0.15) is 31.5 Å². The van der Waals surface area contributed by atoms with Crippen LogP contribution in [0.15, 0.2) is 12.3 Å². The Morgan fingerprint density at radius 2 is 2.07 bits per heavy atom. The molecule has 0 radical (unpaired) electrons. The molecule has 1 heterocycles. The van der Waals surface area contributed by atoms with Gasteiger partial charge in [-0.15, -0.1) is 0 Å². The Kier molecular flexibility index (Phi) is 3.93. The molecule has 2 heteroatoms. The smallest absolute Gasteiger partial charge is 0.137 e. The third kappa shape index (κ3) is 3.36. The summed E-state index contributed by atoms with van der Waals surface area (Å²) in [5.74, 6) is 1.57. The van der Waals surface area contributed by atoms with E-state index in [0.29, 0.717) is 5.92 Å². The van der Waals surface area contributed by atoms with E-state index in [1.807, 2.05) is 13.0 Å². The number of pyridine rings is 1. The molecule has 0 fully saturated rings. The van der Waals surface area contributed by atoms with Crippen LogP contribution in [0.3, 0.4) is 0 Å². The molecule has 0 aliphatic heterocycles. The van der Waals surface area contributed by atoms with Gasteiger partial charge in [-0.25, -0.2) is 0 Å². The lowest BCUT2D eigenvalue weighted by atomic mass is 10.1. The van der Waals surface area contributed by atoms with Crippen LogP contribution in [0.5, 0.6) is 5.75 Å². The van der Waals surface area contributed by atoms with E-state index >= 15 is 0 Å². The van der Waals surface area contributed by atoms with Crippen LogP contribution in [0.25, 0.3) is 0 Å². The molecule has 0 aromatic carbocycles. The van der Waals surface area contributed by atoms with E-state index in [9.17, 15) is 0 Å². The van der Waals surface area contributed by atoms with E-state index in [-0.39, 0.29) is 0 Å². The van der Waals surface area contributed by atoms with Crippen LogP contribution in [-0.4, -0.2) is 11.6 Å². The first-order valence-electron chi connectivity index (χ1n) is 5.15. The molecular weight excluding hydrogens is 174 g/mol. The van der Waals surface area contributed by atoms with Gasteiger partial charge >= 0.3 is 0 Å². The van der Waals surface area contributed by atoms with Crippen LogP contribution in [0.2, 0.25) is 0 Å². The lowest BCUT2D eigenvalue weighted by molar-refractivity contribution is 0.288. The van der Waals surface area contributed by atoms with Crippen LogP contribution in [0.4, 0.5) is 0 Å². The lowest BCUT2D eigenvalue weighted by Gasteiger charge is -2.08. The van der Waals surface area contributed by atoms with Crippen molar-refractivity contribution in [3.8, 4) is 5.75 Å². The number of rotatable bonds is 4. The maximum Gasteiger partial charge on any atom is 0.137 e. The minimum atomic E-state index is 0.689. The van der Waals surface area contributed by atoms with Crippen molar-refractivity contribution in [1.29, 1.82) is 0 Å². The van der Waals surface area contributed by atoms with Crippen molar-refractivity contribution < 1.29 is 4.74 Å². The molecule has 1 aromatic rings. The molecule has 1 rings (SSSR count). The molecule has 1 aromatic heterocycles. The molecule has 0 bridgehead atoms. The minimum Gasteiger partial charge on any atom is -0.492 e. The molecule has 0 aliphatic rings. The molecule has 0 amide bonds. The second-order valence-electron chi connectivity index (χ2n) is 4.10. The maximum absolute atomic E-state index is 5.59. The highest BCUT2D eigenvalue weighted by molar-refractivity contribution is 5.27. The fourth-order valence-corrected chi connectivity index (χ4v) is 1.11. The Balaban J connectivity index is 2.47. The van der Waals surface area contributed by atoms with Crippen molar-refractivity contribution in [1.82, 2.24) is 4.98 Å². The first kappa shape index (κ1) is 11.0. The van der Waals surface area contributed by atoms with Gasteiger partial charge < -0.3 is 4.74 Å². The monoisotopic (exact) mass is 193 g/mol. The van der Waals surface area contributed by atoms with Gasteiger partial charge in [-0.2, -0.15) is 0 Å². The quantitative estimate of drug-likeness (QED) is 0.733. The van der Waals surface area contributed by atoms with Crippen molar-refractivity contribution in [2.45, 2.75) is 34.1 Å². The van der Waals surface area contributed by atoms with Gasteiger partial charge in [-0.3, -0.25) is 4.98 Å². The number of aryl methyl sites for hydroxylation is 2. The van der Waals surface area contributed by atoms with Gasteiger partial charge in [0.1, 0.15) is 5.75 Å². The maximum atomic E-state index is 5.59. The summed E-state index contributed by atoms with van der Waals surface area (Å²) in [5.41, 5.74) is 2.26. The predicted molar refractivity (Wildman–Crippen MR) is 58.7 cm³/mol. The first-order chi connectivity index (χ1) is 6.59. The molecule has 0 aliphatic carbocycles. The molecule has 0 saturated carbocycles. The Labute approximate surface area is 86.3 Å². The van der Waals surface area contributed by atoms with Crippen molar-refractivity contribution in [3.63, 3.8) is 0 Å². The highest BCUT2D eigenvalue weighted by Crippen LogP contribution is 2.14. The van der Waals surface area contributed by atoms with Gasteiger partial charge in [-0.05, 0) is 37.8 Å². The number of hydrogen-bond acceptors (Lipinski definition) is 2. The van der Waals surface area contributed by atoms with Crippen molar-refractivity contribution >= 4 is 0 Å². The van der Waals surface area contributed by atoms with Crippen LogP contribution in [0, 0.1) is 19.8 Å². The van der Waals surface area contributed by atoms with Gasteiger partial charge in [0.25, 0.3) is 0 Å². The van der Waals surface area contributed by atoms with Gasteiger partial charge in [0.05, 0.1) is 12.8 Å². The summed E-state index contributed by atoms with van der Waals surface area (Å²) < 4.78 is 5.59. The third-order valence-electron chi connectivity index (χ3n) is 2.28. The number of aromatic nitrogens is 1. The Bertz CT molecular complexity index is 294. The van der Waals surface area contributed by atoms with Crippen LogP contribution >= 0.6 is 0 Å². The van der Waals surface area contributed by atoms with Gasteiger partial charge in [0, 0.05) is 5.69 Å². The summed E-state index contributed by atoms with van der Waals surface area (Å²) in [6.45, 7) is 9.23. The van der Waals surface area contributed by atoms with Crippen molar-refractivity contribution in [2.24, 2.45) is 5.92 Å². The Morgan fingerprint density at radius 1 is 1.36 bits per heavy atom. The van der Waals surface area contributed by atoms with Crippen LogP contribution in [-0.2, 0) is 0 Å². The fraction of sp³-hybridized carbons (Fsp3) is 0.583. The SMILES string of the molecule is Cc1cc(OCCC(C)C)cnc1C. The second-order valence-corrected chi connectivity index (χ2v) is 4.10. The molecule has 0 atom stereocenters. The van der Waals surface area contributed by atoms with E-state index < -0.39 is 0 Å². The van der Waals surface area contributed by atoms with E-state index in [0.717, 1.165) is 24.5 Å². The molecule has 78 valence electrons. The zero-order valence-electron chi connectivity index (χ0n) is 9.50. The van der Waals surface area contributed by atoms with Crippen molar-refractivity contribution in [2.75, 3.05) is 6.61 Å². The highest BCUT2D eigenvalue weighted by Gasteiger charge is 1.99. The summed E-state index contributed by atoms with van der Waals surface area (Å²) >= 11 is 0. The highest BCUT2D eigenvalue weighted by atomic mass is 16.5. The largest absolute Gasteiger partial charge is 0.492 e. The first-order valence-corrected chi connectivity index (χ1v) is 5.15. The third-order valence-corrected chi connectivity index (χ3v) is 2.28.